The molecule has 210 valence electrons. The Morgan fingerprint density at radius 1 is 0.944 bits per heavy atom. The molecule has 0 saturated heterocycles. The first kappa shape index (κ1) is 30.4. The average Bonchev–Trinajstić information content (AvgIpc) is 3.37. The van der Waals surface area contributed by atoms with Gasteiger partial charge >= 0.3 is 5.97 Å². The van der Waals surface area contributed by atoms with Gasteiger partial charge in [-0.25, -0.2) is 0 Å². The molecule has 0 bridgehead atoms. The zero-order valence-corrected chi connectivity index (χ0v) is 27.8. The minimum absolute atomic E-state index is 0.0138. The van der Waals surface area contributed by atoms with Crippen molar-refractivity contribution in [2.45, 2.75) is 143 Å². The SMILES string of the molecule is CCOC(=O)C1CC1(CCO[Si](C)(C)C(C)(C)C)[C@@]1(C)CC[C@@H]2[C@@H](O[Si](C)(C)C(C)(C)C)CCC[C@@H]21. The predicted octanol–water partition coefficient (Wildman–Crippen LogP) is 8.57. The van der Waals surface area contributed by atoms with Gasteiger partial charge in [-0.15, -0.1) is 0 Å². The lowest BCUT2D eigenvalue weighted by Crippen LogP contribution is -2.49. The lowest BCUT2D eigenvalue weighted by molar-refractivity contribution is -0.147. The second-order valence-corrected chi connectivity index (χ2v) is 25.2. The number of carbonyl (C=O) groups is 1. The molecule has 0 heterocycles. The second-order valence-electron chi connectivity index (χ2n) is 15.6. The third-order valence-corrected chi connectivity index (χ3v) is 20.7. The third-order valence-electron chi connectivity index (χ3n) is 11.7. The van der Waals surface area contributed by atoms with Crippen molar-refractivity contribution in [3.8, 4) is 0 Å². The van der Waals surface area contributed by atoms with Crippen molar-refractivity contribution >= 4 is 22.6 Å². The Morgan fingerprint density at radius 2 is 1.56 bits per heavy atom. The van der Waals surface area contributed by atoms with Crippen LogP contribution in [0.1, 0.15) is 100 Å². The summed E-state index contributed by atoms with van der Waals surface area (Å²) in [5.41, 5.74) is 0.168. The highest BCUT2D eigenvalue weighted by Gasteiger charge is 2.71. The second kappa shape index (κ2) is 10.1. The molecule has 0 aliphatic heterocycles. The molecule has 0 spiro atoms. The van der Waals surface area contributed by atoms with Crippen LogP contribution in [0.3, 0.4) is 0 Å². The molecule has 0 aromatic heterocycles. The maximum Gasteiger partial charge on any atom is 0.309 e. The van der Waals surface area contributed by atoms with Crippen LogP contribution in [0.25, 0.3) is 0 Å². The number of esters is 1. The van der Waals surface area contributed by atoms with E-state index in [1.165, 1.54) is 32.1 Å². The first-order valence-electron chi connectivity index (χ1n) is 14.8. The quantitative estimate of drug-likeness (QED) is 0.218. The van der Waals surface area contributed by atoms with Crippen molar-refractivity contribution in [2.75, 3.05) is 13.2 Å². The maximum absolute atomic E-state index is 13.1. The molecule has 0 N–H and O–H groups in total. The number of carbonyl (C=O) groups excluding carboxylic acids is 1. The summed E-state index contributed by atoms with van der Waals surface area (Å²) in [5, 5.41) is 0.431. The molecule has 0 amide bonds. The van der Waals surface area contributed by atoms with Crippen LogP contribution >= 0.6 is 0 Å². The largest absolute Gasteiger partial charge is 0.466 e. The van der Waals surface area contributed by atoms with Crippen molar-refractivity contribution in [3.05, 3.63) is 0 Å². The Morgan fingerprint density at radius 3 is 2.11 bits per heavy atom. The minimum Gasteiger partial charge on any atom is -0.466 e. The van der Waals surface area contributed by atoms with Crippen LogP contribution in [0.2, 0.25) is 36.3 Å². The van der Waals surface area contributed by atoms with Gasteiger partial charge < -0.3 is 13.6 Å². The molecule has 0 aromatic carbocycles. The molecular formula is C30H58O4Si2. The fourth-order valence-corrected chi connectivity index (χ4v) is 9.58. The van der Waals surface area contributed by atoms with Crippen molar-refractivity contribution in [1.29, 1.82) is 0 Å². The summed E-state index contributed by atoms with van der Waals surface area (Å²) < 4.78 is 19.4. The van der Waals surface area contributed by atoms with E-state index in [0.717, 1.165) is 19.4 Å². The zero-order chi connectivity index (χ0) is 27.4. The van der Waals surface area contributed by atoms with Gasteiger partial charge in [-0.05, 0) is 104 Å². The number of rotatable bonds is 9. The predicted molar refractivity (Wildman–Crippen MR) is 155 cm³/mol. The minimum atomic E-state index is -1.83. The van der Waals surface area contributed by atoms with Gasteiger partial charge in [0, 0.05) is 12.7 Å². The molecule has 3 rings (SSSR count). The summed E-state index contributed by atoms with van der Waals surface area (Å²) in [6, 6.07) is 0. The summed E-state index contributed by atoms with van der Waals surface area (Å²) in [5.74, 6) is 1.32. The molecule has 6 heteroatoms. The van der Waals surface area contributed by atoms with E-state index in [1.807, 2.05) is 6.92 Å². The van der Waals surface area contributed by atoms with E-state index in [-0.39, 0.29) is 32.8 Å². The van der Waals surface area contributed by atoms with Crippen LogP contribution < -0.4 is 0 Å². The molecule has 3 aliphatic rings. The van der Waals surface area contributed by atoms with Crippen LogP contribution in [-0.4, -0.2) is 41.9 Å². The first-order chi connectivity index (χ1) is 16.3. The molecule has 3 aliphatic carbocycles. The van der Waals surface area contributed by atoms with E-state index in [1.54, 1.807) is 0 Å². The molecule has 0 aromatic rings. The van der Waals surface area contributed by atoms with Crippen LogP contribution in [0, 0.1) is 28.6 Å². The number of fused-ring (bicyclic) bond motifs is 1. The molecule has 2 unspecified atom stereocenters. The van der Waals surface area contributed by atoms with Gasteiger partial charge in [0.2, 0.25) is 0 Å². The van der Waals surface area contributed by atoms with E-state index in [2.05, 4.69) is 74.7 Å². The lowest BCUT2D eigenvalue weighted by atomic mass is 9.60. The lowest BCUT2D eigenvalue weighted by Gasteiger charge is -2.48. The van der Waals surface area contributed by atoms with Gasteiger partial charge in [-0.2, -0.15) is 0 Å². The molecule has 36 heavy (non-hydrogen) atoms. The van der Waals surface area contributed by atoms with Crippen LogP contribution in [-0.2, 0) is 18.4 Å². The summed E-state index contributed by atoms with van der Waals surface area (Å²) in [7, 11) is -3.65. The number of hydrogen-bond acceptors (Lipinski definition) is 4. The van der Waals surface area contributed by atoms with E-state index < -0.39 is 16.6 Å². The highest BCUT2D eigenvalue weighted by atomic mass is 28.4. The molecule has 0 radical (unpaired) electrons. The van der Waals surface area contributed by atoms with Crippen molar-refractivity contribution in [1.82, 2.24) is 0 Å². The van der Waals surface area contributed by atoms with E-state index in [0.29, 0.717) is 24.5 Å². The van der Waals surface area contributed by atoms with E-state index in [9.17, 15) is 4.79 Å². The van der Waals surface area contributed by atoms with Gasteiger partial charge in [-0.3, -0.25) is 4.79 Å². The van der Waals surface area contributed by atoms with Crippen molar-refractivity contribution < 1.29 is 18.4 Å². The molecule has 6 atom stereocenters. The average molecular weight is 539 g/mol. The summed E-state index contributed by atoms with van der Waals surface area (Å²) in [6.45, 7) is 29.2. The van der Waals surface area contributed by atoms with E-state index in [4.69, 9.17) is 13.6 Å². The Kier molecular flexibility index (Phi) is 8.51. The Bertz CT molecular complexity index is 796. The topological polar surface area (TPSA) is 44.8 Å². The molecule has 3 saturated carbocycles. The van der Waals surface area contributed by atoms with Crippen LogP contribution in [0.15, 0.2) is 0 Å². The van der Waals surface area contributed by atoms with Crippen LogP contribution in [0.5, 0.6) is 0 Å². The van der Waals surface area contributed by atoms with E-state index >= 15 is 0 Å². The normalized spacial score (nSPS) is 35.4. The van der Waals surface area contributed by atoms with Gasteiger partial charge in [0.25, 0.3) is 0 Å². The fraction of sp³-hybridized carbons (Fsp3) is 0.967. The van der Waals surface area contributed by atoms with Crippen molar-refractivity contribution in [2.24, 2.45) is 28.6 Å². The van der Waals surface area contributed by atoms with Crippen LogP contribution in [0.4, 0.5) is 0 Å². The summed E-state index contributed by atoms with van der Waals surface area (Å²) in [4.78, 5) is 13.1. The van der Waals surface area contributed by atoms with Gasteiger partial charge in [0.15, 0.2) is 16.6 Å². The van der Waals surface area contributed by atoms with Gasteiger partial charge in [-0.1, -0.05) is 54.9 Å². The maximum atomic E-state index is 13.1. The Labute approximate surface area is 225 Å². The molecule has 3 fully saturated rings. The van der Waals surface area contributed by atoms with Gasteiger partial charge in [0.05, 0.1) is 12.5 Å². The number of ether oxygens (including phenoxy) is 1. The fourth-order valence-electron chi connectivity index (χ4n) is 7.13. The third kappa shape index (κ3) is 5.44. The standard InChI is InChI=1S/C30H58O4Si2/c1-13-32-26(31)24-21-30(24,19-20-33-35(9,10)27(2,3)4)29(8)18-17-22-23(29)15-14-16-25(22)34-36(11,12)28(5,6)7/h22-25H,13-21H2,1-12H3/t22-,23-,24?,25-,29-,30?/m0/s1. The number of hydrogen-bond donors (Lipinski definition) is 0. The molecular weight excluding hydrogens is 480 g/mol. The smallest absolute Gasteiger partial charge is 0.309 e. The highest BCUT2D eigenvalue weighted by Crippen LogP contribution is 2.74. The van der Waals surface area contributed by atoms with Crippen molar-refractivity contribution in [3.63, 3.8) is 0 Å². The molecule has 4 nitrogen and oxygen atoms in total. The Balaban J connectivity index is 1.83. The monoisotopic (exact) mass is 538 g/mol. The summed E-state index contributed by atoms with van der Waals surface area (Å²) in [6.07, 6.45) is 8.50. The summed E-state index contributed by atoms with van der Waals surface area (Å²) >= 11 is 0. The first-order valence-corrected chi connectivity index (χ1v) is 20.6. The zero-order valence-electron chi connectivity index (χ0n) is 25.8. The van der Waals surface area contributed by atoms with Gasteiger partial charge in [0.1, 0.15) is 0 Å². The Hall–Kier alpha value is -0.176. The highest BCUT2D eigenvalue weighted by molar-refractivity contribution is 6.74.